The number of carbonyl (C=O) groups is 2. The average molecular weight is 467 g/mol. The summed E-state index contributed by atoms with van der Waals surface area (Å²) in [4.78, 5) is 25.6. The van der Waals surface area contributed by atoms with E-state index < -0.39 is 10.0 Å². The number of sulfonamides is 1. The minimum atomic E-state index is -3.71. The van der Waals surface area contributed by atoms with Crippen molar-refractivity contribution in [1.29, 1.82) is 0 Å². The minimum absolute atomic E-state index is 0.113. The van der Waals surface area contributed by atoms with Gasteiger partial charge in [0, 0.05) is 36.2 Å². The normalized spacial score (nSPS) is 15.4. The summed E-state index contributed by atoms with van der Waals surface area (Å²) in [5, 5.41) is 9.93. The number of amides is 1. The third-order valence-electron chi connectivity index (χ3n) is 4.61. The number of phenolic OH excluding ortho intramolecular Hbond substituents is 1. The van der Waals surface area contributed by atoms with E-state index in [2.05, 4.69) is 15.9 Å². The number of hydrogen-bond acceptors (Lipinski definition) is 5. The quantitative estimate of drug-likeness (QED) is 0.698. The van der Waals surface area contributed by atoms with Crippen LogP contribution in [0.3, 0.4) is 0 Å². The minimum Gasteiger partial charge on any atom is -0.507 e. The highest BCUT2D eigenvalue weighted by atomic mass is 79.9. The van der Waals surface area contributed by atoms with Gasteiger partial charge in [0.15, 0.2) is 5.78 Å². The second-order valence-electron chi connectivity index (χ2n) is 6.44. The van der Waals surface area contributed by atoms with Crippen molar-refractivity contribution in [3.8, 4) is 5.75 Å². The van der Waals surface area contributed by atoms with E-state index in [9.17, 15) is 23.1 Å². The van der Waals surface area contributed by atoms with Gasteiger partial charge in [0.05, 0.1) is 10.5 Å². The number of rotatable bonds is 4. The smallest absolute Gasteiger partial charge is 0.257 e. The van der Waals surface area contributed by atoms with Gasteiger partial charge in [0.1, 0.15) is 5.75 Å². The van der Waals surface area contributed by atoms with Gasteiger partial charge >= 0.3 is 0 Å². The third kappa shape index (κ3) is 4.11. The van der Waals surface area contributed by atoms with Gasteiger partial charge in [0.2, 0.25) is 10.0 Å². The molecule has 0 aliphatic carbocycles. The molecule has 1 aliphatic rings. The van der Waals surface area contributed by atoms with Crippen LogP contribution in [0.5, 0.6) is 5.75 Å². The summed E-state index contributed by atoms with van der Waals surface area (Å²) >= 11 is 3.27. The number of hydrogen-bond donors (Lipinski definition) is 1. The molecule has 1 saturated heterocycles. The molecule has 0 radical (unpaired) electrons. The Hall–Kier alpha value is -2.23. The molecular formula is C19H19BrN2O5S. The van der Waals surface area contributed by atoms with Crippen LogP contribution in [0, 0.1) is 0 Å². The molecule has 1 fully saturated rings. The Balaban J connectivity index is 1.71. The first-order valence-electron chi connectivity index (χ1n) is 8.59. The molecule has 148 valence electrons. The summed E-state index contributed by atoms with van der Waals surface area (Å²) < 4.78 is 27.6. The monoisotopic (exact) mass is 466 g/mol. The molecule has 1 N–H and O–H groups in total. The standard InChI is InChI=1S/C19H19BrN2O5S/c1-13(23)14-2-5-16(6-3-14)28(26,27)22-10-8-21(9-11-22)19(25)17-12-15(20)4-7-18(17)24/h2-7,12,24H,8-11H2,1H3. The van der Waals surface area contributed by atoms with Crippen LogP contribution in [0.2, 0.25) is 0 Å². The van der Waals surface area contributed by atoms with E-state index >= 15 is 0 Å². The molecule has 28 heavy (non-hydrogen) atoms. The van der Waals surface area contributed by atoms with Gasteiger partial charge in [-0.2, -0.15) is 4.31 Å². The number of nitrogens with zero attached hydrogens (tertiary/aromatic N) is 2. The van der Waals surface area contributed by atoms with Gasteiger partial charge < -0.3 is 10.0 Å². The molecule has 1 heterocycles. The molecule has 0 unspecified atom stereocenters. The van der Waals surface area contributed by atoms with Crippen molar-refractivity contribution >= 4 is 37.6 Å². The number of Topliss-reactive ketones (excluding diaryl/α,β-unsaturated/α-hetero) is 1. The summed E-state index contributed by atoms with van der Waals surface area (Å²) in [6.07, 6.45) is 0. The maximum Gasteiger partial charge on any atom is 0.257 e. The molecule has 0 saturated carbocycles. The third-order valence-corrected chi connectivity index (χ3v) is 7.02. The van der Waals surface area contributed by atoms with Crippen LogP contribution in [0.4, 0.5) is 0 Å². The highest BCUT2D eigenvalue weighted by Gasteiger charge is 2.31. The molecule has 0 spiro atoms. The maximum absolute atomic E-state index is 12.8. The fourth-order valence-corrected chi connectivity index (χ4v) is 4.78. The van der Waals surface area contributed by atoms with Crippen molar-refractivity contribution in [2.24, 2.45) is 0 Å². The average Bonchev–Trinajstić information content (AvgIpc) is 2.69. The Morgan fingerprint density at radius 3 is 2.18 bits per heavy atom. The van der Waals surface area contributed by atoms with Gasteiger partial charge in [-0.3, -0.25) is 9.59 Å². The van der Waals surface area contributed by atoms with E-state index in [1.54, 1.807) is 6.07 Å². The molecule has 0 aromatic heterocycles. The fraction of sp³-hybridized carbons (Fsp3) is 0.263. The van der Waals surface area contributed by atoms with E-state index in [1.807, 2.05) is 0 Å². The molecule has 2 aromatic carbocycles. The Morgan fingerprint density at radius 1 is 1.00 bits per heavy atom. The first-order valence-corrected chi connectivity index (χ1v) is 10.8. The van der Waals surface area contributed by atoms with Gasteiger partial charge in [-0.05, 0) is 37.3 Å². The van der Waals surface area contributed by atoms with Crippen molar-refractivity contribution in [2.75, 3.05) is 26.2 Å². The van der Waals surface area contributed by atoms with Crippen molar-refractivity contribution < 1.29 is 23.1 Å². The molecular weight excluding hydrogens is 448 g/mol. The molecule has 9 heteroatoms. The van der Waals surface area contributed by atoms with E-state index in [1.165, 1.54) is 52.5 Å². The van der Waals surface area contributed by atoms with Crippen LogP contribution < -0.4 is 0 Å². The number of phenols is 1. The van der Waals surface area contributed by atoms with Crippen molar-refractivity contribution in [2.45, 2.75) is 11.8 Å². The highest BCUT2D eigenvalue weighted by Crippen LogP contribution is 2.25. The van der Waals surface area contributed by atoms with E-state index in [0.717, 1.165) is 0 Å². The second kappa shape index (κ2) is 8.02. The Morgan fingerprint density at radius 2 is 1.61 bits per heavy atom. The Bertz CT molecular complexity index is 1010. The maximum atomic E-state index is 12.8. The summed E-state index contributed by atoms with van der Waals surface area (Å²) in [6, 6.07) is 10.4. The zero-order valence-electron chi connectivity index (χ0n) is 15.1. The van der Waals surface area contributed by atoms with Crippen LogP contribution in [-0.2, 0) is 10.0 Å². The van der Waals surface area contributed by atoms with E-state index in [4.69, 9.17) is 0 Å². The van der Waals surface area contributed by atoms with Crippen LogP contribution in [0.1, 0.15) is 27.6 Å². The lowest BCUT2D eigenvalue weighted by Gasteiger charge is -2.34. The predicted octanol–water partition coefficient (Wildman–Crippen LogP) is 2.50. The van der Waals surface area contributed by atoms with Gasteiger partial charge in [-0.15, -0.1) is 0 Å². The van der Waals surface area contributed by atoms with Crippen LogP contribution in [0.15, 0.2) is 51.8 Å². The van der Waals surface area contributed by atoms with Gasteiger partial charge in [0.25, 0.3) is 5.91 Å². The molecule has 1 amide bonds. The van der Waals surface area contributed by atoms with Crippen LogP contribution in [0.25, 0.3) is 0 Å². The van der Waals surface area contributed by atoms with Gasteiger partial charge in [-0.1, -0.05) is 28.1 Å². The van der Waals surface area contributed by atoms with Crippen LogP contribution >= 0.6 is 15.9 Å². The van der Waals surface area contributed by atoms with Crippen molar-refractivity contribution in [3.63, 3.8) is 0 Å². The lowest BCUT2D eigenvalue weighted by molar-refractivity contribution is 0.0694. The number of ketones is 1. The number of piperazine rings is 1. The Kier molecular flexibility index (Phi) is 5.87. The number of aromatic hydroxyl groups is 1. The molecule has 1 aliphatic heterocycles. The zero-order chi connectivity index (χ0) is 20.5. The largest absolute Gasteiger partial charge is 0.507 e. The van der Waals surface area contributed by atoms with Crippen LogP contribution in [-0.4, -0.2) is 60.6 Å². The summed E-state index contributed by atoms with van der Waals surface area (Å²) in [5.41, 5.74) is 0.619. The molecule has 3 rings (SSSR count). The highest BCUT2D eigenvalue weighted by molar-refractivity contribution is 9.10. The predicted molar refractivity (Wildman–Crippen MR) is 107 cm³/mol. The van der Waals surface area contributed by atoms with E-state index in [-0.39, 0.29) is 54.1 Å². The van der Waals surface area contributed by atoms with Crippen molar-refractivity contribution in [3.05, 3.63) is 58.1 Å². The van der Waals surface area contributed by atoms with Gasteiger partial charge in [-0.25, -0.2) is 8.42 Å². The molecule has 2 aromatic rings. The fourth-order valence-electron chi connectivity index (χ4n) is 2.99. The first kappa shape index (κ1) is 20.5. The number of halogens is 1. The SMILES string of the molecule is CC(=O)c1ccc(S(=O)(=O)N2CCN(C(=O)c3cc(Br)ccc3O)CC2)cc1. The van der Waals surface area contributed by atoms with E-state index in [0.29, 0.717) is 10.0 Å². The van der Waals surface area contributed by atoms with Crippen molar-refractivity contribution in [1.82, 2.24) is 9.21 Å². The topological polar surface area (TPSA) is 95.0 Å². The first-order chi connectivity index (χ1) is 13.2. The molecule has 7 nitrogen and oxygen atoms in total. The second-order valence-corrected chi connectivity index (χ2v) is 9.29. The Labute approximate surface area is 171 Å². The number of carbonyl (C=O) groups excluding carboxylic acids is 2. The lowest BCUT2D eigenvalue weighted by atomic mass is 10.1. The zero-order valence-corrected chi connectivity index (χ0v) is 17.5. The summed E-state index contributed by atoms with van der Waals surface area (Å²) in [7, 11) is -3.71. The summed E-state index contributed by atoms with van der Waals surface area (Å²) in [6.45, 7) is 2.16. The molecule has 0 bridgehead atoms. The summed E-state index contributed by atoms with van der Waals surface area (Å²) in [5.74, 6) is -0.595. The molecule has 0 atom stereocenters. The number of benzene rings is 2. The lowest BCUT2D eigenvalue weighted by Crippen LogP contribution is -2.50.